The van der Waals surface area contributed by atoms with Gasteiger partial charge in [0.25, 0.3) is 11.5 Å². The highest BCUT2D eigenvalue weighted by atomic mass is 16.3. The number of aromatic hydroxyl groups is 1. The standard InChI is InChI=1S/C21H23N5O3/c1-14-17(10-22)20(28)25(2)21(29)18(14)11-23-24-19(27)13-26(3)9-8-15-6-4-5-7-16(15)12-26/h4-7,11H,8-9,12-13H2,1-3H3,(H-,23,24,27,28,29)/p+1. The van der Waals surface area contributed by atoms with Crippen molar-refractivity contribution in [3.63, 3.8) is 0 Å². The van der Waals surface area contributed by atoms with Crippen molar-refractivity contribution in [3.8, 4) is 11.9 Å². The Balaban J connectivity index is 1.71. The summed E-state index contributed by atoms with van der Waals surface area (Å²) in [5.41, 5.74) is 4.97. The summed E-state index contributed by atoms with van der Waals surface area (Å²) in [6.07, 6.45) is 2.18. The molecule has 2 aromatic rings. The molecule has 8 heteroatoms. The van der Waals surface area contributed by atoms with Crippen molar-refractivity contribution in [2.75, 3.05) is 20.1 Å². The van der Waals surface area contributed by atoms with Gasteiger partial charge in [-0.15, -0.1) is 0 Å². The van der Waals surface area contributed by atoms with Crippen LogP contribution in [-0.2, 0) is 24.8 Å². The lowest BCUT2D eigenvalue weighted by Crippen LogP contribution is -2.52. The van der Waals surface area contributed by atoms with Crippen LogP contribution in [0.15, 0.2) is 34.2 Å². The molecule has 0 fully saturated rings. The van der Waals surface area contributed by atoms with Gasteiger partial charge in [0.05, 0.1) is 25.4 Å². The van der Waals surface area contributed by atoms with Crippen LogP contribution >= 0.6 is 0 Å². The summed E-state index contributed by atoms with van der Waals surface area (Å²) < 4.78 is 1.56. The highest BCUT2D eigenvalue weighted by molar-refractivity contribution is 5.87. The minimum absolute atomic E-state index is 0.0666. The zero-order chi connectivity index (χ0) is 21.2. The fraction of sp³-hybridized carbons (Fsp3) is 0.333. The number of carbonyl (C=O) groups is 1. The van der Waals surface area contributed by atoms with Gasteiger partial charge in [0, 0.05) is 19.0 Å². The quantitative estimate of drug-likeness (QED) is 0.457. The number of amides is 1. The average molecular weight is 394 g/mol. The zero-order valence-corrected chi connectivity index (χ0v) is 16.8. The van der Waals surface area contributed by atoms with Gasteiger partial charge in [0.1, 0.15) is 18.2 Å². The third kappa shape index (κ3) is 4.05. The van der Waals surface area contributed by atoms with Crippen LogP contribution in [0.1, 0.15) is 27.8 Å². The van der Waals surface area contributed by atoms with Gasteiger partial charge in [-0.05, 0) is 18.1 Å². The number of pyridine rings is 1. The van der Waals surface area contributed by atoms with Crippen LogP contribution in [0.3, 0.4) is 0 Å². The molecule has 0 bridgehead atoms. The molecule has 2 heterocycles. The van der Waals surface area contributed by atoms with Crippen LogP contribution in [0, 0.1) is 18.3 Å². The SMILES string of the molecule is Cc1c(/C=N/NC(=O)C[N+]2(C)CCc3ccccc3C2)c(O)n(C)c(=O)c1C#N. The van der Waals surface area contributed by atoms with Crippen molar-refractivity contribution < 1.29 is 14.4 Å². The summed E-state index contributed by atoms with van der Waals surface area (Å²) in [4.78, 5) is 24.4. The van der Waals surface area contributed by atoms with Crippen molar-refractivity contribution >= 4 is 12.1 Å². The molecule has 0 saturated carbocycles. The number of nitrogens with one attached hydrogen (secondary N) is 1. The first-order chi connectivity index (χ1) is 13.8. The third-order valence-electron chi connectivity index (χ3n) is 5.47. The van der Waals surface area contributed by atoms with E-state index in [1.165, 1.54) is 24.4 Å². The molecule has 1 atom stereocenters. The molecule has 1 aliphatic rings. The van der Waals surface area contributed by atoms with Crippen LogP contribution in [0.4, 0.5) is 0 Å². The van der Waals surface area contributed by atoms with Gasteiger partial charge in [0.15, 0.2) is 6.54 Å². The Bertz CT molecular complexity index is 1100. The fourth-order valence-electron chi connectivity index (χ4n) is 3.72. The van der Waals surface area contributed by atoms with Crippen molar-refractivity contribution in [1.82, 2.24) is 9.99 Å². The molecule has 1 aromatic heterocycles. The van der Waals surface area contributed by atoms with E-state index < -0.39 is 5.56 Å². The van der Waals surface area contributed by atoms with E-state index in [0.29, 0.717) is 10.0 Å². The first-order valence-corrected chi connectivity index (χ1v) is 9.30. The Hall–Kier alpha value is -3.44. The highest BCUT2D eigenvalue weighted by Crippen LogP contribution is 2.23. The molecule has 0 spiro atoms. The summed E-state index contributed by atoms with van der Waals surface area (Å²) in [6, 6.07) is 10.1. The maximum Gasteiger partial charge on any atom is 0.295 e. The minimum Gasteiger partial charge on any atom is -0.494 e. The predicted octanol–water partition coefficient (Wildman–Crippen LogP) is 0.924. The second kappa shape index (κ2) is 7.89. The van der Waals surface area contributed by atoms with Gasteiger partial charge in [0.2, 0.25) is 5.88 Å². The lowest BCUT2D eigenvalue weighted by molar-refractivity contribution is -0.917. The van der Waals surface area contributed by atoms with E-state index in [2.05, 4.69) is 22.7 Å². The molecule has 1 aromatic carbocycles. The maximum absolute atomic E-state index is 12.4. The number of hydrogen-bond acceptors (Lipinski definition) is 5. The largest absolute Gasteiger partial charge is 0.494 e. The first kappa shape index (κ1) is 20.3. The Kier molecular flexibility index (Phi) is 5.52. The van der Waals surface area contributed by atoms with Gasteiger partial charge in [-0.2, -0.15) is 10.4 Å². The number of quaternary nitrogens is 1. The summed E-state index contributed by atoms with van der Waals surface area (Å²) in [5.74, 6) is -0.554. The minimum atomic E-state index is -0.577. The highest BCUT2D eigenvalue weighted by Gasteiger charge is 2.30. The third-order valence-corrected chi connectivity index (χ3v) is 5.47. The topological polar surface area (TPSA) is 107 Å². The van der Waals surface area contributed by atoms with Crippen molar-refractivity contribution in [2.24, 2.45) is 12.1 Å². The van der Waals surface area contributed by atoms with E-state index in [1.54, 1.807) is 6.92 Å². The predicted molar refractivity (Wildman–Crippen MR) is 108 cm³/mol. The van der Waals surface area contributed by atoms with Gasteiger partial charge in [-0.1, -0.05) is 24.3 Å². The van der Waals surface area contributed by atoms with Gasteiger partial charge in [-0.3, -0.25) is 14.2 Å². The second-order valence-corrected chi connectivity index (χ2v) is 7.68. The lowest BCUT2D eigenvalue weighted by Gasteiger charge is -2.37. The first-order valence-electron chi connectivity index (χ1n) is 9.30. The Morgan fingerprint density at radius 1 is 1.41 bits per heavy atom. The molecule has 8 nitrogen and oxygen atoms in total. The van der Waals surface area contributed by atoms with Crippen LogP contribution in [0.25, 0.3) is 0 Å². The summed E-state index contributed by atoms with van der Waals surface area (Å²) in [5, 5.41) is 23.3. The van der Waals surface area contributed by atoms with E-state index in [0.717, 1.165) is 24.1 Å². The molecular weight excluding hydrogens is 370 g/mol. The molecule has 0 saturated heterocycles. The number of nitriles is 1. The molecule has 29 heavy (non-hydrogen) atoms. The van der Waals surface area contributed by atoms with Crippen LogP contribution in [0.2, 0.25) is 0 Å². The zero-order valence-electron chi connectivity index (χ0n) is 16.8. The van der Waals surface area contributed by atoms with E-state index in [9.17, 15) is 20.0 Å². The van der Waals surface area contributed by atoms with E-state index in [1.807, 2.05) is 25.2 Å². The Labute approximate surface area is 168 Å². The lowest BCUT2D eigenvalue weighted by atomic mass is 9.98. The summed E-state index contributed by atoms with van der Waals surface area (Å²) in [7, 11) is 3.41. The number of rotatable bonds is 4. The molecule has 150 valence electrons. The van der Waals surface area contributed by atoms with Crippen molar-refractivity contribution in [1.29, 1.82) is 5.26 Å². The number of aromatic nitrogens is 1. The molecule has 1 unspecified atom stereocenters. The second-order valence-electron chi connectivity index (χ2n) is 7.68. The van der Waals surface area contributed by atoms with Crippen molar-refractivity contribution in [2.45, 2.75) is 19.9 Å². The fourth-order valence-corrected chi connectivity index (χ4v) is 3.72. The number of likely N-dealkylation sites (N-methyl/N-ethyl adjacent to an activating group) is 1. The number of benzene rings is 1. The summed E-state index contributed by atoms with van der Waals surface area (Å²) >= 11 is 0. The van der Waals surface area contributed by atoms with Crippen LogP contribution < -0.4 is 11.0 Å². The molecule has 1 aliphatic heterocycles. The molecular formula is C21H24N5O3+. The Morgan fingerprint density at radius 3 is 2.79 bits per heavy atom. The number of carbonyl (C=O) groups excluding carboxylic acids is 1. The number of nitrogens with zero attached hydrogens (tertiary/aromatic N) is 4. The maximum atomic E-state index is 12.4. The van der Waals surface area contributed by atoms with Gasteiger partial charge < -0.3 is 9.59 Å². The monoisotopic (exact) mass is 394 g/mol. The van der Waals surface area contributed by atoms with E-state index in [-0.39, 0.29) is 29.5 Å². The molecule has 0 aliphatic carbocycles. The average Bonchev–Trinajstić information content (AvgIpc) is 2.69. The van der Waals surface area contributed by atoms with Gasteiger partial charge >= 0.3 is 0 Å². The smallest absolute Gasteiger partial charge is 0.295 e. The molecule has 3 rings (SSSR count). The van der Waals surface area contributed by atoms with Crippen LogP contribution in [-0.4, -0.2) is 46.4 Å². The molecule has 2 N–H and O–H groups in total. The Morgan fingerprint density at radius 2 is 2.10 bits per heavy atom. The number of hydrazone groups is 1. The van der Waals surface area contributed by atoms with E-state index in [4.69, 9.17) is 0 Å². The van der Waals surface area contributed by atoms with E-state index >= 15 is 0 Å². The number of fused-ring (bicyclic) bond motifs is 1. The molecule has 1 amide bonds. The number of hydrogen-bond donors (Lipinski definition) is 2. The van der Waals surface area contributed by atoms with Crippen molar-refractivity contribution in [3.05, 3.63) is 62.4 Å². The van der Waals surface area contributed by atoms with Gasteiger partial charge in [-0.25, -0.2) is 5.43 Å². The summed E-state index contributed by atoms with van der Waals surface area (Å²) in [6.45, 7) is 3.47. The normalized spacial score (nSPS) is 18.3. The molecule has 0 radical (unpaired) electrons. The van der Waals surface area contributed by atoms with Crippen LogP contribution in [0.5, 0.6) is 5.88 Å².